The topological polar surface area (TPSA) is 33.7 Å². The van der Waals surface area contributed by atoms with Crippen LogP contribution < -0.4 is 5.32 Å². The summed E-state index contributed by atoms with van der Waals surface area (Å²) in [4.78, 5) is 2.45. The van der Waals surface area contributed by atoms with E-state index in [2.05, 4.69) is 24.1 Å². The molecular weight excluding hydrogens is 192 g/mol. The molecule has 0 aliphatic carbocycles. The van der Waals surface area contributed by atoms with Crippen LogP contribution in [0, 0.1) is 0 Å². The lowest BCUT2D eigenvalue weighted by molar-refractivity contribution is -0.00312. The van der Waals surface area contributed by atoms with Gasteiger partial charge in [0.05, 0.1) is 19.8 Å². The molecule has 0 saturated carbocycles. The van der Waals surface area contributed by atoms with E-state index >= 15 is 0 Å². The quantitative estimate of drug-likeness (QED) is 0.694. The summed E-state index contributed by atoms with van der Waals surface area (Å²) in [5.41, 5.74) is 0. The molecule has 0 aromatic heterocycles. The van der Waals surface area contributed by atoms with Crippen molar-refractivity contribution in [3.63, 3.8) is 0 Å². The summed E-state index contributed by atoms with van der Waals surface area (Å²) in [6.07, 6.45) is 0. The number of nitrogens with zero attached hydrogens (tertiary/aromatic N) is 1. The number of hydrogen-bond donors (Lipinski definition) is 1. The fourth-order valence-corrected chi connectivity index (χ4v) is 1.80. The molecular formula is C11H24N2O2. The van der Waals surface area contributed by atoms with Gasteiger partial charge in [-0.15, -0.1) is 0 Å². The van der Waals surface area contributed by atoms with E-state index < -0.39 is 0 Å². The molecule has 1 atom stereocenters. The van der Waals surface area contributed by atoms with Crippen LogP contribution in [0.5, 0.6) is 0 Å². The number of methoxy groups -OCH3 is 1. The summed E-state index contributed by atoms with van der Waals surface area (Å²) in [6, 6.07) is 1.01. The Morgan fingerprint density at radius 2 is 2.00 bits per heavy atom. The summed E-state index contributed by atoms with van der Waals surface area (Å²) < 4.78 is 10.6. The molecule has 0 spiro atoms. The first-order chi connectivity index (χ1) is 7.24. The Labute approximate surface area is 92.9 Å². The van der Waals surface area contributed by atoms with Crippen molar-refractivity contribution in [2.24, 2.45) is 0 Å². The maximum atomic E-state index is 5.35. The third kappa shape index (κ3) is 4.93. The third-order valence-corrected chi connectivity index (χ3v) is 2.68. The molecule has 0 bridgehead atoms. The molecule has 0 radical (unpaired) electrons. The van der Waals surface area contributed by atoms with Crippen molar-refractivity contribution in [1.29, 1.82) is 0 Å². The van der Waals surface area contributed by atoms with Gasteiger partial charge in [0.2, 0.25) is 0 Å². The highest BCUT2D eigenvalue weighted by atomic mass is 16.5. The minimum Gasteiger partial charge on any atom is -0.383 e. The van der Waals surface area contributed by atoms with Crippen molar-refractivity contribution < 1.29 is 9.47 Å². The van der Waals surface area contributed by atoms with Gasteiger partial charge in [-0.25, -0.2) is 0 Å². The number of morpholine rings is 1. The molecule has 4 heteroatoms. The molecule has 90 valence electrons. The van der Waals surface area contributed by atoms with Crippen LogP contribution >= 0.6 is 0 Å². The zero-order chi connectivity index (χ0) is 11.1. The molecule has 1 N–H and O–H groups in total. The monoisotopic (exact) mass is 216 g/mol. The van der Waals surface area contributed by atoms with Crippen LogP contribution in [-0.2, 0) is 9.47 Å². The van der Waals surface area contributed by atoms with E-state index in [1.807, 2.05) is 0 Å². The van der Waals surface area contributed by atoms with Gasteiger partial charge < -0.3 is 14.8 Å². The van der Waals surface area contributed by atoms with Gasteiger partial charge in [0.25, 0.3) is 0 Å². The smallest absolute Gasteiger partial charge is 0.0630 e. The van der Waals surface area contributed by atoms with E-state index in [1.54, 1.807) is 7.11 Å². The first-order valence-electron chi connectivity index (χ1n) is 5.78. The summed E-state index contributed by atoms with van der Waals surface area (Å²) in [6.45, 7) is 9.86. The zero-order valence-electron chi connectivity index (χ0n) is 10.2. The van der Waals surface area contributed by atoms with Gasteiger partial charge in [-0.3, -0.25) is 4.90 Å². The van der Waals surface area contributed by atoms with Gasteiger partial charge in [0.15, 0.2) is 0 Å². The van der Waals surface area contributed by atoms with Crippen LogP contribution in [0.3, 0.4) is 0 Å². The molecule has 0 aromatic rings. The molecule has 1 unspecified atom stereocenters. The highest BCUT2D eigenvalue weighted by Crippen LogP contribution is 2.04. The van der Waals surface area contributed by atoms with Crippen molar-refractivity contribution in [3.05, 3.63) is 0 Å². The molecule has 0 aromatic carbocycles. The van der Waals surface area contributed by atoms with Crippen LogP contribution in [0.15, 0.2) is 0 Å². The minimum absolute atomic E-state index is 0.473. The number of rotatable bonds is 6. The molecule has 1 aliphatic rings. The largest absolute Gasteiger partial charge is 0.383 e. The van der Waals surface area contributed by atoms with Crippen molar-refractivity contribution in [3.8, 4) is 0 Å². The van der Waals surface area contributed by atoms with Crippen LogP contribution in [0.2, 0.25) is 0 Å². The first-order valence-corrected chi connectivity index (χ1v) is 5.78. The normalized spacial score (nSPS) is 20.8. The highest BCUT2D eigenvalue weighted by Gasteiger charge is 2.20. The summed E-state index contributed by atoms with van der Waals surface area (Å²) in [5, 5.41) is 3.47. The maximum Gasteiger partial charge on any atom is 0.0630 e. The van der Waals surface area contributed by atoms with Crippen molar-refractivity contribution in [2.45, 2.75) is 25.9 Å². The van der Waals surface area contributed by atoms with Gasteiger partial charge in [-0.2, -0.15) is 0 Å². The van der Waals surface area contributed by atoms with E-state index in [0.29, 0.717) is 12.1 Å². The highest BCUT2D eigenvalue weighted by molar-refractivity contribution is 4.76. The van der Waals surface area contributed by atoms with Gasteiger partial charge >= 0.3 is 0 Å². The van der Waals surface area contributed by atoms with Gasteiger partial charge in [0, 0.05) is 38.8 Å². The maximum absolute atomic E-state index is 5.35. The van der Waals surface area contributed by atoms with Crippen LogP contribution in [0.4, 0.5) is 0 Å². The van der Waals surface area contributed by atoms with E-state index in [0.717, 1.165) is 39.5 Å². The predicted molar refractivity (Wildman–Crippen MR) is 61.2 cm³/mol. The SMILES string of the molecule is COCC(CNC(C)C)N1CCOCC1. The van der Waals surface area contributed by atoms with E-state index in [-0.39, 0.29) is 0 Å². The van der Waals surface area contributed by atoms with Crippen molar-refractivity contribution in [1.82, 2.24) is 10.2 Å². The summed E-state index contributed by atoms with van der Waals surface area (Å²) in [5.74, 6) is 0. The summed E-state index contributed by atoms with van der Waals surface area (Å²) >= 11 is 0. The molecule has 1 rings (SSSR count). The zero-order valence-corrected chi connectivity index (χ0v) is 10.2. The average molecular weight is 216 g/mol. The third-order valence-electron chi connectivity index (χ3n) is 2.68. The molecule has 1 saturated heterocycles. The van der Waals surface area contributed by atoms with E-state index in [9.17, 15) is 0 Å². The lowest BCUT2D eigenvalue weighted by Gasteiger charge is -2.34. The number of nitrogens with one attached hydrogen (secondary N) is 1. The molecule has 1 fully saturated rings. The van der Waals surface area contributed by atoms with Crippen molar-refractivity contribution in [2.75, 3.05) is 46.6 Å². The Kier molecular flexibility index (Phi) is 6.17. The molecule has 0 amide bonds. The lowest BCUT2D eigenvalue weighted by atomic mass is 10.2. The Balaban J connectivity index is 2.33. The molecule has 15 heavy (non-hydrogen) atoms. The predicted octanol–water partition coefficient (Wildman–Crippen LogP) is 0.332. The second-order valence-corrected chi connectivity index (χ2v) is 4.32. The van der Waals surface area contributed by atoms with E-state index in [4.69, 9.17) is 9.47 Å². The number of ether oxygens (including phenoxy) is 2. The fraction of sp³-hybridized carbons (Fsp3) is 1.00. The molecule has 1 aliphatic heterocycles. The van der Waals surface area contributed by atoms with Gasteiger partial charge in [-0.05, 0) is 0 Å². The number of hydrogen-bond acceptors (Lipinski definition) is 4. The van der Waals surface area contributed by atoms with Crippen LogP contribution in [0.25, 0.3) is 0 Å². The lowest BCUT2D eigenvalue weighted by Crippen LogP contribution is -2.50. The molecule has 1 heterocycles. The van der Waals surface area contributed by atoms with Crippen molar-refractivity contribution >= 4 is 0 Å². The van der Waals surface area contributed by atoms with Gasteiger partial charge in [-0.1, -0.05) is 13.8 Å². The average Bonchev–Trinajstić information content (AvgIpc) is 2.25. The standard InChI is InChI=1S/C11H24N2O2/c1-10(2)12-8-11(9-14-3)13-4-6-15-7-5-13/h10-12H,4-9H2,1-3H3. The Hall–Kier alpha value is -0.160. The Bertz CT molecular complexity index is 159. The summed E-state index contributed by atoms with van der Waals surface area (Å²) in [7, 11) is 1.77. The first kappa shape index (κ1) is 12.9. The second-order valence-electron chi connectivity index (χ2n) is 4.32. The van der Waals surface area contributed by atoms with Crippen LogP contribution in [0.1, 0.15) is 13.8 Å². The fourth-order valence-electron chi connectivity index (χ4n) is 1.80. The Morgan fingerprint density at radius 1 is 1.33 bits per heavy atom. The second kappa shape index (κ2) is 7.17. The van der Waals surface area contributed by atoms with Crippen LogP contribution in [-0.4, -0.2) is 63.5 Å². The molecule has 4 nitrogen and oxygen atoms in total. The van der Waals surface area contributed by atoms with E-state index in [1.165, 1.54) is 0 Å². The van der Waals surface area contributed by atoms with Gasteiger partial charge in [0.1, 0.15) is 0 Å². The minimum atomic E-state index is 0.473. The Morgan fingerprint density at radius 3 is 2.53 bits per heavy atom.